The van der Waals surface area contributed by atoms with Crippen LogP contribution in [0.5, 0.6) is 5.88 Å². The van der Waals surface area contributed by atoms with Gasteiger partial charge in [0, 0.05) is 36.4 Å². The maximum absolute atomic E-state index is 13.3. The first-order valence-electron chi connectivity index (χ1n) is 10.6. The van der Waals surface area contributed by atoms with Gasteiger partial charge in [-0.2, -0.15) is 0 Å². The molecular formula is C23H30ClN3O5. The number of Topliss-reactive ketones (excluding diaryl/α,β-unsaturated/α-hetero) is 1. The molecule has 8 nitrogen and oxygen atoms in total. The highest BCUT2D eigenvalue weighted by Gasteiger charge is 2.44. The number of esters is 1. The van der Waals surface area contributed by atoms with Gasteiger partial charge in [0.05, 0.1) is 38.2 Å². The van der Waals surface area contributed by atoms with Crippen LogP contribution < -0.4 is 15.8 Å². The highest BCUT2D eigenvalue weighted by molar-refractivity contribution is 6.31. The Hall–Kier alpha value is -2.42. The molecular weight excluding hydrogens is 434 g/mol. The molecule has 0 radical (unpaired) electrons. The summed E-state index contributed by atoms with van der Waals surface area (Å²) in [7, 11) is 1.47. The van der Waals surface area contributed by atoms with Crippen LogP contribution in [0, 0.1) is 5.41 Å². The number of pyridine rings is 1. The largest absolute Gasteiger partial charge is 0.480 e. The van der Waals surface area contributed by atoms with Gasteiger partial charge in [0.1, 0.15) is 5.02 Å². The van der Waals surface area contributed by atoms with Crippen LogP contribution in [0.25, 0.3) is 0 Å². The third-order valence-corrected chi connectivity index (χ3v) is 5.75. The van der Waals surface area contributed by atoms with Crippen molar-refractivity contribution in [2.24, 2.45) is 11.1 Å². The second kappa shape index (κ2) is 10.0. The molecule has 0 fully saturated rings. The minimum atomic E-state index is -0.679. The number of halogens is 1. The molecule has 0 saturated carbocycles. The number of nitrogens with zero attached hydrogens (tertiary/aromatic N) is 1. The minimum Gasteiger partial charge on any atom is -0.480 e. The van der Waals surface area contributed by atoms with E-state index in [4.69, 9.17) is 31.5 Å². The molecule has 0 spiro atoms. The maximum Gasteiger partial charge on any atom is 0.336 e. The van der Waals surface area contributed by atoms with Crippen molar-refractivity contribution < 1.29 is 23.8 Å². The molecule has 9 heteroatoms. The summed E-state index contributed by atoms with van der Waals surface area (Å²) in [5.74, 6) is -0.957. The summed E-state index contributed by atoms with van der Waals surface area (Å²) in [6.07, 6.45) is 2.60. The van der Waals surface area contributed by atoms with E-state index in [1.807, 2.05) is 13.8 Å². The fraction of sp³-hybridized carbons (Fsp3) is 0.522. The molecule has 2 heterocycles. The topological polar surface area (TPSA) is 113 Å². The van der Waals surface area contributed by atoms with E-state index in [-0.39, 0.29) is 30.3 Å². The molecule has 0 bridgehead atoms. The molecule has 0 saturated heterocycles. The standard InChI is InChI=1S/C23H30ClN3O5/c1-5-32-22(29)20-16(12-31-7-6-25)27-15-9-23(2,3)10-17(28)19(15)18(20)13-8-14(24)21(30-4)26-11-13/h8,11,18,27H,5-7,9-10,12,25H2,1-4H3. The Morgan fingerprint density at radius 2 is 2.12 bits per heavy atom. The second-order valence-electron chi connectivity index (χ2n) is 8.60. The number of ketones is 1. The third kappa shape index (κ3) is 4.98. The van der Waals surface area contributed by atoms with Crippen LogP contribution in [0.15, 0.2) is 34.8 Å². The molecule has 3 rings (SSSR count). The zero-order chi connectivity index (χ0) is 23.5. The molecule has 1 atom stereocenters. The van der Waals surface area contributed by atoms with Crippen molar-refractivity contribution in [3.05, 3.63) is 45.4 Å². The van der Waals surface area contributed by atoms with E-state index in [9.17, 15) is 9.59 Å². The number of dihydropyridines is 1. The van der Waals surface area contributed by atoms with Crippen LogP contribution >= 0.6 is 11.6 Å². The molecule has 0 amide bonds. The summed E-state index contributed by atoms with van der Waals surface area (Å²) in [6, 6.07) is 1.68. The number of hydrogen-bond donors (Lipinski definition) is 2. The Morgan fingerprint density at radius 3 is 2.75 bits per heavy atom. The molecule has 1 aliphatic carbocycles. The van der Waals surface area contributed by atoms with E-state index in [1.165, 1.54) is 7.11 Å². The van der Waals surface area contributed by atoms with Crippen LogP contribution in [0.4, 0.5) is 0 Å². The number of hydrogen-bond acceptors (Lipinski definition) is 8. The number of methoxy groups -OCH3 is 1. The molecule has 3 N–H and O–H groups in total. The number of carbonyl (C=O) groups is 2. The Balaban J connectivity index is 2.20. The zero-order valence-corrected chi connectivity index (χ0v) is 19.7. The number of aromatic nitrogens is 1. The predicted octanol–water partition coefficient (Wildman–Crippen LogP) is 2.87. The van der Waals surface area contributed by atoms with Crippen molar-refractivity contribution in [2.75, 3.05) is 33.5 Å². The van der Waals surface area contributed by atoms with Crippen LogP contribution in [0.2, 0.25) is 5.02 Å². The zero-order valence-electron chi connectivity index (χ0n) is 18.9. The lowest BCUT2D eigenvalue weighted by molar-refractivity contribution is -0.139. The van der Waals surface area contributed by atoms with Crippen molar-refractivity contribution in [3.63, 3.8) is 0 Å². The summed E-state index contributed by atoms with van der Waals surface area (Å²) >= 11 is 6.36. The average molecular weight is 464 g/mol. The van der Waals surface area contributed by atoms with Crippen molar-refractivity contribution in [1.82, 2.24) is 10.3 Å². The monoisotopic (exact) mass is 463 g/mol. The van der Waals surface area contributed by atoms with Crippen LogP contribution in [0.1, 0.15) is 45.1 Å². The lowest BCUT2D eigenvalue weighted by atomic mass is 9.68. The number of rotatable bonds is 8. The van der Waals surface area contributed by atoms with Crippen LogP contribution in [-0.2, 0) is 19.1 Å². The van der Waals surface area contributed by atoms with Crippen LogP contribution in [0.3, 0.4) is 0 Å². The summed E-state index contributed by atoms with van der Waals surface area (Å²) in [6.45, 7) is 6.84. The molecule has 1 aromatic rings. The van der Waals surface area contributed by atoms with Gasteiger partial charge in [-0.1, -0.05) is 25.4 Å². The van der Waals surface area contributed by atoms with Crippen molar-refractivity contribution in [2.45, 2.75) is 39.5 Å². The highest BCUT2D eigenvalue weighted by Crippen LogP contribution is 2.47. The Morgan fingerprint density at radius 1 is 1.38 bits per heavy atom. The Bertz CT molecular complexity index is 970. The molecule has 0 aromatic carbocycles. The smallest absolute Gasteiger partial charge is 0.336 e. The van der Waals surface area contributed by atoms with E-state index in [2.05, 4.69) is 10.3 Å². The lowest BCUT2D eigenvalue weighted by Gasteiger charge is -2.39. The fourth-order valence-corrected chi connectivity index (χ4v) is 4.50. The van der Waals surface area contributed by atoms with Gasteiger partial charge in [0.2, 0.25) is 5.88 Å². The van der Waals surface area contributed by atoms with Gasteiger partial charge in [-0.3, -0.25) is 4.79 Å². The summed E-state index contributed by atoms with van der Waals surface area (Å²) in [5.41, 5.74) is 8.15. The first kappa shape index (κ1) is 24.2. The number of nitrogens with one attached hydrogen (secondary N) is 1. The number of ether oxygens (including phenoxy) is 3. The van der Waals surface area contributed by atoms with E-state index in [1.54, 1.807) is 19.2 Å². The summed E-state index contributed by atoms with van der Waals surface area (Å²) in [4.78, 5) is 30.7. The predicted molar refractivity (Wildman–Crippen MR) is 120 cm³/mol. The normalized spacial score (nSPS) is 20.1. The molecule has 1 aromatic heterocycles. The van der Waals surface area contributed by atoms with E-state index in [0.717, 1.165) is 5.70 Å². The van der Waals surface area contributed by atoms with Crippen LogP contribution in [-0.4, -0.2) is 50.2 Å². The SMILES string of the molecule is CCOC(=O)C1=C(COCCN)NC2=C(C(=O)CC(C)(C)C2)C1c1cnc(OC)c(Cl)c1. The van der Waals surface area contributed by atoms with Gasteiger partial charge < -0.3 is 25.3 Å². The highest BCUT2D eigenvalue weighted by atomic mass is 35.5. The summed E-state index contributed by atoms with van der Waals surface area (Å²) < 4.78 is 16.2. The molecule has 1 unspecified atom stereocenters. The van der Waals surface area contributed by atoms with Gasteiger partial charge in [0.15, 0.2) is 5.78 Å². The lowest BCUT2D eigenvalue weighted by Crippen LogP contribution is -2.40. The molecule has 1 aliphatic heterocycles. The number of nitrogens with two attached hydrogens (primary N) is 1. The second-order valence-corrected chi connectivity index (χ2v) is 9.01. The van der Waals surface area contributed by atoms with E-state index in [0.29, 0.717) is 53.4 Å². The van der Waals surface area contributed by atoms with Crippen molar-refractivity contribution in [1.29, 1.82) is 0 Å². The van der Waals surface area contributed by atoms with Crippen molar-refractivity contribution in [3.8, 4) is 5.88 Å². The number of carbonyl (C=O) groups excluding carboxylic acids is 2. The summed E-state index contributed by atoms with van der Waals surface area (Å²) in [5, 5.41) is 3.61. The Kier molecular flexibility index (Phi) is 7.59. The fourth-order valence-electron chi connectivity index (χ4n) is 4.25. The van der Waals surface area contributed by atoms with Gasteiger partial charge in [-0.15, -0.1) is 0 Å². The first-order chi connectivity index (χ1) is 15.2. The van der Waals surface area contributed by atoms with Gasteiger partial charge in [-0.05, 0) is 30.4 Å². The third-order valence-electron chi connectivity index (χ3n) is 5.48. The molecule has 32 heavy (non-hydrogen) atoms. The Labute approximate surface area is 193 Å². The quantitative estimate of drug-likeness (QED) is 0.447. The molecule has 2 aliphatic rings. The number of allylic oxidation sites excluding steroid dienone is 2. The maximum atomic E-state index is 13.3. The van der Waals surface area contributed by atoms with Gasteiger partial charge in [0.25, 0.3) is 0 Å². The van der Waals surface area contributed by atoms with Crippen molar-refractivity contribution >= 4 is 23.4 Å². The van der Waals surface area contributed by atoms with Gasteiger partial charge >= 0.3 is 5.97 Å². The van der Waals surface area contributed by atoms with Gasteiger partial charge in [-0.25, -0.2) is 9.78 Å². The van der Waals surface area contributed by atoms with E-state index < -0.39 is 11.9 Å². The minimum absolute atomic E-state index is 0.0237. The first-order valence-corrected chi connectivity index (χ1v) is 11.0. The van der Waals surface area contributed by atoms with E-state index >= 15 is 0 Å². The average Bonchev–Trinajstić information content (AvgIpc) is 2.72. The molecule has 174 valence electrons.